The lowest BCUT2D eigenvalue weighted by Crippen LogP contribution is -2.30. The highest BCUT2D eigenvalue weighted by Crippen LogP contribution is 2.26. The van der Waals surface area contributed by atoms with Crippen molar-refractivity contribution in [1.82, 2.24) is 0 Å². The first kappa shape index (κ1) is 16.7. The van der Waals surface area contributed by atoms with E-state index in [9.17, 15) is 4.79 Å². The Hall–Kier alpha value is -1.65. The minimum atomic E-state index is -0.602. The quantitative estimate of drug-likeness (QED) is 0.799. The van der Waals surface area contributed by atoms with E-state index in [4.69, 9.17) is 16.3 Å². The Bertz CT molecular complexity index is 675. The lowest BCUT2D eigenvalue weighted by atomic mass is 10.2. The van der Waals surface area contributed by atoms with Crippen molar-refractivity contribution in [3.05, 3.63) is 53.1 Å². The van der Waals surface area contributed by atoms with Crippen LogP contribution in [0.2, 0.25) is 5.02 Å². The lowest BCUT2D eigenvalue weighted by Gasteiger charge is -2.17. The maximum Gasteiger partial charge on any atom is 0.265 e. The highest BCUT2D eigenvalue weighted by Gasteiger charge is 2.17. The molecule has 2 aromatic rings. The summed E-state index contributed by atoms with van der Waals surface area (Å²) in [6.45, 7) is 3.62. The number of halogens is 1. The molecular formula is C17H18ClNO2S. The summed E-state index contributed by atoms with van der Waals surface area (Å²) in [6, 6.07) is 13.0. The van der Waals surface area contributed by atoms with Crippen molar-refractivity contribution >= 4 is 35.0 Å². The SMILES string of the molecule is CSc1ccccc1NC(=O)[C@@H](C)Oc1ccc(Cl)cc1C. The van der Waals surface area contributed by atoms with Gasteiger partial charge in [-0.15, -0.1) is 11.8 Å². The number of aryl methyl sites for hydroxylation is 1. The number of nitrogens with one attached hydrogen (secondary N) is 1. The Morgan fingerprint density at radius 2 is 2.00 bits per heavy atom. The molecule has 2 rings (SSSR count). The van der Waals surface area contributed by atoms with Crippen LogP contribution in [0.25, 0.3) is 0 Å². The van der Waals surface area contributed by atoms with Crippen molar-refractivity contribution in [1.29, 1.82) is 0 Å². The van der Waals surface area contributed by atoms with Crippen LogP contribution in [0.3, 0.4) is 0 Å². The van der Waals surface area contributed by atoms with Gasteiger partial charge in [-0.3, -0.25) is 4.79 Å². The maximum atomic E-state index is 12.3. The van der Waals surface area contributed by atoms with Gasteiger partial charge >= 0.3 is 0 Å². The molecule has 116 valence electrons. The maximum absolute atomic E-state index is 12.3. The predicted molar refractivity (Wildman–Crippen MR) is 93.1 cm³/mol. The van der Waals surface area contributed by atoms with Gasteiger partial charge in [-0.2, -0.15) is 0 Å². The minimum absolute atomic E-state index is 0.184. The molecule has 0 aliphatic heterocycles. The fourth-order valence-corrected chi connectivity index (χ4v) is 2.75. The Balaban J connectivity index is 2.06. The number of ether oxygens (including phenoxy) is 1. The number of hydrogen-bond donors (Lipinski definition) is 1. The van der Waals surface area contributed by atoms with Crippen molar-refractivity contribution in [2.45, 2.75) is 24.8 Å². The molecule has 22 heavy (non-hydrogen) atoms. The van der Waals surface area contributed by atoms with E-state index in [1.807, 2.05) is 43.5 Å². The summed E-state index contributed by atoms with van der Waals surface area (Å²) in [7, 11) is 0. The molecule has 0 aliphatic carbocycles. The molecule has 1 N–H and O–H groups in total. The number of amides is 1. The van der Waals surface area contributed by atoms with Crippen molar-refractivity contribution in [3.63, 3.8) is 0 Å². The van der Waals surface area contributed by atoms with Crippen LogP contribution in [-0.2, 0) is 4.79 Å². The zero-order valence-corrected chi connectivity index (χ0v) is 14.3. The summed E-state index contributed by atoms with van der Waals surface area (Å²) in [5.41, 5.74) is 1.69. The second kappa shape index (κ2) is 7.56. The molecule has 0 spiro atoms. The van der Waals surface area contributed by atoms with Crippen molar-refractivity contribution < 1.29 is 9.53 Å². The van der Waals surface area contributed by atoms with Gasteiger partial charge < -0.3 is 10.1 Å². The van der Waals surface area contributed by atoms with E-state index in [-0.39, 0.29) is 5.91 Å². The highest BCUT2D eigenvalue weighted by molar-refractivity contribution is 7.98. The fourth-order valence-electron chi connectivity index (χ4n) is 1.97. The Kier molecular flexibility index (Phi) is 5.75. The molecule has 1 amide bonds. The normalized spacial score (nSPS) is 11.8. The van der Waals surface area contributed by atoms with Crippen LogP contribution in [0, 0.1) is 6.92 Å². The molecule has 0 heterocycles. The van der Waals surface area contributed by atoms with Gasteiger partial charge in [0.15, 0.2) is 6.10 Å². The number of thioether (sulfide) groups is 1. The molecule has 0 fully saturated rings. The van der Waals surface area contributed by atoms with Gasteiger partial charge in [-0.25, -0.2) is 0 Å². The molecule has 0 aliphatic rings. The standard InChI is InChI=1S/C17H18ClNO2S/c1-11-10-13(18)8-9-15(11)21-12(2)17(20)19-14-6-4-5-7-16(14)22-3/h4-10,12H,1-3H3,(H,19,20)/t12-/m1/s1. The largest absolute Gasteiger partial charge is 0.481 e. The van der Waals surface area contributed by atoms with E-state index in [0.29, 0.717) is 10.8 Å². The molecule has 0 bridgehead atoms. The first-order valence-electron chi connectivity index (χ1n) is 6.88. The van der Waals surface area contributed by atoms with Crippen molar-refractivity contribution in [2.24, 2.45) is 0 Å². The number of hydrogen-bond acceptors (Lipinski definition) is 3. The molecule has 1 atom stereocenters. The summed E-state index contributed by atoms with van der Waals surface area (Å²) in [5, 5.41) is 3.55. The van der Waals surface area contributed by atoms with E-state index < -0.39 is 6.10 Å². The molecular weight excluding hydrogens is 318 g/mol. The van der Waals surface area contributed by atoms with E-state index >= 15 is 0 Å². The van der Waals surface area contributed by atoms with E-state index in [2.05, 4.69) is 5.32 Å². The van der Waals surface area contributed by atoms with Gasteiger partial charge in [0.05, 0.1) is 5.69 Å². The molecule has 2 aromatic carbocycles. The van der Waals surface area contributed by atoms with E-state index in [0.717, 1.165) is 16.1 Å². The second-order valence-electron chi connectivity index (χ2n) is 4.86. The van der Waals surface area contributed by atoms with Crippen LogP contribution in [0.4, 0.5) is 5.69 Å². The average molecular weight is 336 g/mol. The number of anilines is 1. The number of benzene rings is 2. The van der Waals surface area contributed by atoms with Gasteiger partial charge in [0.1, 0.15) is 5.75 Å². The molecule has 0 saturated heterocycles. The predicted octanol–water partition coefficient (Wildman–Crippen LogP) is 4.78. The molecule has 3 nitrogen and oxygen atoms in total. The second-order valence-corrected chi connectivity index (χ2v) is 6.14. The van der Waals surface area contributed by atoms with E-state index in [1.165, 1.54) is 0 Å². The van der Waals surface area contributed by atoms with Crippen LogP contribution in [0.1, 0.15) is 12.5 Å². The number of rotatable bonds is 5. The first-order valence-corrected chi connectivity index (χ1v) is 8.48. The average Bonchev–Trinajstić information content (AvgIpc) is 2.50. The zero-order valence-electron chi connectivity index (χ0n) is 12.7. The van der Waals surface area contributed by atoms with Crippen molar-refractivity contribution in [2.75, 3.05) is 11.6 Å². The Morgan fingerprint density at radius 1 is 1.27 bits per heavy atom. The number of para-hydroxylation sites is 1. The summed E-state index contributed by atoms with van der Waals surface area (Å²) in [6.07, 6.45) is 1.37. The van der Waals surface area contributed by atoms with Crippen molar-refractivity contribution in [3.8, 4) is 5.75 Å². The van der Waals surface area contributed by atoms with Crippen LogP contribution in [-0.4, -0.2) is 18.3 Å². The van der Waals surface area contributed by atoms with Gasteiger partial charge in [0.25, 0.3) is 5.91 Å². The summed E-state index contributed by atoms with van der Waals surface area (Å²) in [5.74, 6) is 0.473. The Morgan fingerprint density at radius 3 is 2.68 bits per heavy atom. The van der Waals surface area contributed by atoms with Crippen LogP contribution < -0.4 is 10.1 Å². The lowest BCUT2D eigenvalue weighted by molar-refractivity contribution is -0.122. The van der Waals surface area contributed by atoms with Crippen LogP contribution >= 0.6 is 23.4 Å². The number of carbonyl (C=O) groups is 1. The monoisotopic (exact) mass is 335 g/mol. The topological polar surface area (TPSA) is 38.3 Å². The zero-order chi connectivity index (χ0) is 16.1. The third-order valence-electron chi connectivity index (χ3n) is 3.17. The fraction of sp³-hybridized carbons (Fsp3) is 0.235. The summed E-state index contributed by atoms with van der Waals surface area (Å²) < 4.78 is 5.73. The highest BCUT2D eigenvalue weighted by atomic mass is 35.5. The Labute approximate surface area is 140 Å². The first-order chi connectivity index (χ1) is 10.5. The van der Waals surface area contributed by atoms with Gasteiger partial charge in [-0.1, -0.05) is 23.7 Å². The third-order valence-corrected chi connectivity index (χ3v) is 4.21. The summed E-state index contributed by atoms with van der Waals surface area (Å²) in [4.78, 5) is 13.3. The van der Waals surface area contributed by atoms with Crippen LogP contribution in [0.5, 0.6) is 5.75 Å². The molecule has 0 radical (unpaired) electrons. The molecule has 0 saturated carbocycles. The van der Waals surface area contributed by atoms with Gasteiger partial charge in [0, 0.05) is 9.92 Å². The summed E-state index contributed by atoms with van der Waals surface area (Å²) >= 11 is 7.51. The molecule has 5 heteroatoms. The number of carbonyl (C=O) groups excluding carboxylic acids is 1. The van der Waals surface area contributed by atoms with Gasteiger partial charge in [-0.05, 0) is 56.0 Å². The van der Waals surface area contributed by atoms with Crippen LogP contribution in [0.15, 0.2) is 47.4 Å². The minimum Gasteiger partial charge on any atom is -0.481 e. The van der Waals surface area contributed by atoms with Gasteiger partial charge in [0.2, 0.25) is 0 Å². The smallest absolute Gasteiger partial charge is 0.265 e. The van der Waals surface area contributed by atoms with E-state index in [1.54, 1.807) is 30.8 Å². The third kappa shape index (κ3) is 4.18. The molecule has 0 unspecified atom stereocenters. The molecule has 0 aromatic heterocycles.